The monoisotopic (exact) mass is 279 g/mol. The molecule has 1 aromatic rings. The van der Waals surface area contributed by atoms with Gasteiger partial charge in [-0.1, -0.05) is 0 Å². The van der Waals surface area contributed by atoms with E-state index in [-0.39, 0.29) is 5.69 Å². The van der Waals surface area contributed by atoms with E-state index in [4.69, 9.17) is 0 Å². The Morgan fingerprint density at radius 1 is 1.40 bits per heavy atom. The number of hydrogen-bond donors (Lipinski definition) is 2. The molecule has 1 fully saturated rings. The molecule has 110 valence electrons. The molecule has 20 heavy (non-hydrogen) atoms. The van der Waals surface area contributed by atoms with Gasteiger partial charge in [-0.15, -0.1) is 0 Å². The van der Waals surface area contributed by atoms with E-state index in [1.54, 1.807) is 7.05 Å². The van der Waals surface area contributed by atoms with Gasteiger partial charge in [-0.25, -0.2) is 4.98 Å². The summed E-state index contributed by atoms with van der Waals surface area (Å²) in [4.78, 5) is 17.2. The van der Waals surface area contributed by atoms with Crippen molar-refractivity contribution in [2.24, 2.45) is 0 Å². The summed E-state index contributed by atoms with van der Waals surface area (Å²) < 4.78 is 0. The van der Waals surface area contributed by atoms with Gasteiger partial charge in [0.2, 0.25) is 0 Å². The molecule has 0 radical (unpaired) electrons. The Morgan fingerprint density at radius 3 is 2.65 bits per heavy atom. The molecule has 1 unspecified atom stereocenters. The Balaban J connectivity index is 2.00. The maximum Gasteiger partial charge on any atom is 0.276 e. The molecule has 0 aromatic carbocycles. The predicted octanol–water partition coefficient (Wildman–Crippen LogP) is 1.93. The van der Waals surface area contributed by atoms with Crippen molar-refractivity contribution < 1.29 is 4.92 Å². The van der Waals surface area contributed by atoms with Gasteiger partial charge >= 0.3 is 0 Å². The number of nitrogens with zero attached hydrogens (tertiary/aromatic N) is 3. The van der Waals surface area contributed by atoms with Crippen LogP contribution in [0.2, 0.25) is 0 Å². The van der Waals surface area contributed by atoms with E-state index in [2.05, 4.69) is 27.4 Å². The highest BCUT2D eigenvalue weighted by atomic mass is 16.6. The van der Waals surface area contributed by atoms with Gasteiger partial charge in [0.05, 0.1) is 17.1 Å². The molecule has 7 nitrogen and oxygen atoms in total. The normalized spacial score (nSPS) is 16.9. The van der Waals surface area contributed by atoms with E-state index in [0.717, 1.165) is 19.6 Å². The number of nitrogens with one attached hydrogen (secondary N) is 2. The average Bonchev–Trinajstić information content (AvgIpc) is 2.98. The molecule has 1 saturated heterocycles. The van der Waals surface area contributed by atoms with Crippen LogP contribution in [0, 0.1) is 10.1 Å². The Bertz CT molecular complexity index is 474. The molecule has 1 aliphatic heterocycles. The maximum absolute atomic E-state index is 10.9. The molecule has 0 spiro atoms. The summed E-state index contributed by atoms with van der Waals surface area (Å²) in [6.07, 6.45) is 2.51. The predicted molar refractivity (Wildman–Crippen MR) is 79.2 cm³/mol. The summed E-state index contributed by atoms with van der Waals surface area (Å²) in [5, 5.41) is 16.9. The lowest BCUT2D eigenvalue weighted by molar-refractivity contribution is -0.384. The fourth-order valence-corrected chi connectivity index (χ4v) is 2.40. The Morgan fingerprint density at radius 2 is 2.05 bits per heavy atom. The fourth-order valence-electron chi connectivity index (χ4n) is 2.40. The van der Waals surface area contributed by atoms with Crippen LogP contribution in [0.1, 0.15) is 19.8 Å². The number of aromatic nitrogens is 1. The summed E-state index contributed by atoms with van der Waals surface area (Å²) in [6.45, 7) is 5.16. The second-order valence-corrected chi connectivity index (χ2v) is 5.08. The van der Waals surface area contributed by atoms with E-state index in [9.17, 15) is 10.1 Å². The first kappa shape index (κ1) is 14.5. The van der Waals surface area contributed by atoms with Crippen LogP contribution in [-0.2, 0) is 0 Å². The molecule has 1 aromatic heterocycles. The molecule has 0 bridgehead atoms. The highest BCUT2D eigenvalue weighted by Gasteiger charge is 2.18. The third-order valence-corrected chi connectivity index (χ3v) is 3.62. The summed E-state index contributed by atoms with van der Waals surface area (Å²) in [7, 11) is 1.70. The smallest absolute Gasteiger partial charge is 0.276 e. The number of pyridine rings is 1. The zero-order valence-corrected chi connectivity index (χ0v) is 11.9. The van der Waals surface area contributed by atoms with E-state index in [1.165, 1.54) is 25.0 Å². The highest BCUT2D eigenvalue weighted by Crippen LogP contribution is 2.20. The van der Waals surface area contributed by atoms with Crippen molar-refractivity contribution in [3.63, 3.8) is 0 Å². The van der Waals surface area contributed by atoms with E-state index < -0.39 is 4.92 Å². The number of hydrogen-bond acceptors (Lipinski definition) is 6. The van der Waals surface area contributed by atoms with Crippen molar-refractivity contribution in [3.8, 4) is 0 Å². The van der Waals surface area contributed by atoms with Crippen molar-refractivity contribution in [2.75, 3.05) is 37.3 Å². The quantitative estimate of drug-likeness (QED) is 0.611. The SMILES string of the molecule is CNc1cc([N+](=O)[O-])cc(NCC(C)N2CCCC2)n1. The first-order chi connectivity index (χ1) is 9.60. The molecule has 0 aliphatic carbocycles. The Labute approximate surface area is 118 Å². The van der Waals surface area contributed by atoms with Crippen molar-refractivity contribution >= 4 is 17.3 Å². The number of likely N-dealkylation sites (tertiary alicyclic amines) is 1. The molecule has 1 aliphatic rings. The van der Waals surface area contributed by atoms with Gasteiger partial charge in [0.25, 0.3) is 5.69 Å². The highest BCUT2D eigenvalue weighted by molar-refractivity contribution is 5.54. The van der Waals surface area contributed by atoms with Gasteiger partial charge in [0.15, 0.2) is 0 Å². The van der Waals surface area contributed by atoms with Crippen LogP contribution < -0.4 is 10.6 Å². The zero-order chi connectivity index (χ0) is 14.5. The van der Waals surface area contributed by atoms with Crippen LogP contribution in [-0.4, -0.2) is 47.5 Å². The minimum atomic E-state index is -0.405. The Hall–Kier alpha value is -1.89. The second kappa shape index (κ2) is 6.51. The average molecular weight is 279 g/mol. The minimum absolute atomic E-state index is 0.0423. The summed E-state index contributed by atoms with van der Waals surface area (Å²) in [5.41, 5.74) is 0.0423. The fraction of sp³-hybridized carbons (Fsp3) is 0.615. The van der Waals surface area contributed by atoms with E-state index in [1.807, 2.05) is 0 Å². The molecule has 7 heteroatoms. The molecule has 0 saturated carbocycles. The van der Waals surface area contributed by atoms with Gasteiger partial charge in [-0.3, -0.25) is 15.0 Å². The standard InChI is InChI=1S/C13H21N5O2/c1-10(17-5-3-4-6-17)9-15-13-8-11(18(19)20)7-12(14-2)16-13/h7-8,10H,3-6,9H2,1-2H3,(H2,14,15,16). The van der Waals surface area contributed by atoms with Gasteiger partial charge in [0, 0.05) is 19.6 Å². The summed E-state index contributed by atoms with van der Waals surface area (Å²) >= 11 is 0. The molecule has 1 atom stereocenters. The van der Waals surface area contributed by atoms with Crippen molar-refractivity contribution in [1.29, 1.82) is 0 Å². The van der Waals surface area contributed by atoms with E-state index in [0.29, 0.717) is 17.7 Å². The van der Waals surface area contributed by atoms with Crippen molar-refractivity contribution in [1.82, 2.24) is 9.88 Å². The van der Waals surface area contributed by atoms with E-state index >= 15 is 0 Å². The molecule has 2 rings (SSSR count). The summed E-state index contributed by atoms with van der Waals surface area (Å²) in [6, 6.07) is 3.30. The first-order valence-electron chi connectivity index (χ1n) is 6.92. The largest absolute Gasteiger partial charge is 0.373 e. The molecular weight excluding hydrogens is 258 g/mol. The van der Waals surface area contributed by atoms with Crippen LogP contribution in [0.3, 0.4) is 0 Å². The molecular formula is C13H21N5O2. The second-order valence-electron chi connectivity index (χ2n) is 5.08. The zero-order valence-electron chi connectivity index (χ0n) is 11.9. The minimum Gasteiger partial charge on any atom is -0.373 e. The third-order valence-electron chi connectivity index (χ3n) is 3.62. The molecule has 0 amide bonds. The van der Waals surface area contributed by atoms with Crippen molar-refractivity contribution in [3.05, 3.63) is 22.2 Å². The number of nitro groups is 1. The Kier molecular flexibility index (Phi) is 4.73. The van der Waals surface area contributed by atoms with Gasteiger partial charge in [0.1, 0.15) is 11.6 Å². The van der Waals surface area contributed by atoms with Gasteiger partial charge < -0.3 is 10.6 Å². The van der Waals surface area contributed by atoms with Crippen LogP contribution in [0.15, 0.2) is 12.1 Å². The maximum atomic E-state index is 10.9. The number of anilines is 2. The molecule has 2 heterocycles. The lowest BCUT2D eigenvalue weighted by atomic mass is 10.3. The lowest BCUT2D eigenvalue weighted by Crippen LogP contribution is -2.35. The van der Waals surface area contributed by atoms with Crippen LogP contribution in [0.4, 0.5) is 17.3 Å². The molecule has 2 N–H and O–H groups in total. The van der Waals surface area contributed by atoms with Crippen molar-refractivity contribution in [2.45, 2.75) is 25.8 Å². The lowest BCUT2D eigenvalue weighted by Gasteiger charge is -2.24. The van der Waals surface area contributed by atoms with Gasteiger partial charge in [-0.2, -0.15) is 0 Å². The van der Waals surface area contributed by atoms with Gasteiger partial charge in [-0.05, 0) is 32.9 Å². The van der Waals surface area contributed by atoms with Crippen LogP contribution in [0.25, 0.3) is 0 Å². The first-order valence-corrected chi connectivity index (χ1v) is 6.92. The third kappa shape index (κ3) is 3.57. The summed E-state index contributed by atoms with van der Waals surface area (Å²) in [5.74, 6) is 1.03. The van der Waals surface area contributed by atoms with Crippen LogP contribution >= 0.6 is 0 Å². The topological polar surface area (TPSA) is 83.3 Å². The number of rotatable bonds is 6. The van der Waals surface area contributed by atoms with Crippen LogP contribution in [0.5, 0.6) is 0 Å².